The Morgan fingerprint density at radius 1 is 1.03 bits per heavy atom. The number of fused-ring (bicyclic) bond motifs is 1. The molecule has 2 aromatic carbocycles. The minimum absolute atomic E-state index is 0.0318. The summed E-state index contributed by atoms with van der Waals surface area (Å²) in [7, 11) is 0. The van der Waals surface area contributed by atoms with E-state index in [4.69, 9.17) is 0 Å². The predicted molar refractivity (Wildman–Crippen MR) is 120 cm³/mol. The lowest BCUT2D eigenvalue weighted by Crippen LogP contribution is -2.68. The van der Waals surface area contributed by atoms with Crippen LogP contribution in [0.4, 0.5) is 0 Å². The van der Waals surface area contributed by atoms with Crippen LogP contribution in [0.1, 0.15) is 48.7 Å². The third kappa shape index (κ3) is 3.11. The number of rotatable bonds is 3. The van der Waals surface area contributed by atoms with Crippen molar-refractivity contribution in [2.45, 2.75) is 38.8 Å². The van der Waals surface area contributed by atoms with Crippen molar-refractivity contribution in [1.29, 1.82) is 0 Å². The van der Waals surface area contributed by atoms with E-state index in [-0.39, 0.29) is 23.9 Å². The third-order valence-corrected chi connectivity index (χ3v) is 6.93. The maximum atomic E-state index is 13.3. The number of hydrogen-bond acceptors (Lipinski definition) is 3. The van der Waals surface area contributed by atoms with E-state index in [2.05, 4.69) is 31.0 Å². The van der Waals surface area contributed by atoms with Gasteiger partial charge in [-0.3, -0.25) is 14.6 Å². The monoisotopic (exact) mass is 413 g/mol. The van der Waals surface area contributed by atoms with Crippen molar-refractivity contribution in [2.24, 2.45) is 5.41 Å². The second kappa shape index (κ2) is 7.49. The molecule has 158 valence electrons. The van der Waals surface area contributed by atoms with Crippen LogP contribution < -0.4 is 0 Å². The van der Waals surface area contributed by atoms with Crippen molar-refractivity contribution >= 4 is 22.7 Å². The van der Waals surface area contributed by atoms with Crippen LogP contribution in [-0.2, 0) is 4.79 Å². The Labute approximate surface area is 182 Å². The topological polar surface area (TPSA) is 53.5 Å². The average Bonchev–Trinajstić information content (AvgIpc) is 2.81. The zero-order valence-corrected chi connectivity index (χ0v) is 18.0. The molecule has 0 N–H and O–H groups in total. The van der Waals surface area contributed by atoms with Crippen LogP contribution in [0.25, 0.3) is 10.9 Å². The van der Waals surface area contributed by atoms with Gasteiger partial charge in [0, 0.05) is 36.3 Å². The van der Waals surface area contributed by atoms with Gasteiger partial charge in [0.1, 0.15) is 0 Å². The molecule has 2 fully saturated rings. The molecule has 3 aromatic rings. The van der Waals surface area contributed by atoms with Crippen molar-refractivity contribution < 1.29 is 9.59 Å². The molecule has 1 unspecified atom stereocenters. The molecule has 0 aliphatic carbocycles. The number of aromatic nitrogens is 1. The van der Waals surface area contributed by atoms with Crippen LogP contribution >= 0.6 is 0 Å². The number of β-lactam (4-membered cyclic amide) rings is 1. The maximum absolute atomic E-state index is 13.3. The van der Waals surface area contributed by atoms with E-state index in [1.807, 2.05) is 58.3 Å². The van der Waals surface area contributed by atoms with Gasteiger partial charge in [-0.15, -0.1) is 0 Å². The number of likely N-dealkylation sites (tertiary alicyclic amines) is 2. The first kappa shape index (κ1) is 19.7. The molecule has 1 atom stereocenters. The van der Waals surface area contributed by atoms with Crippen LogP contribution in [0, 0.1) is 5.41 Å². The Kier molecular flexibility index (Phi) is 4.77. The number of amides is 2. The normalized spacial score (nSPS) is 20.4. The predicted octanol–water partition coefficient (Wildman–Crippen LogP) is 4.45. The van der Waals surface area contributed by atoms with Crippen molar-refractivity contribution in [3.05, 3.63) is 78.0 Å². The summed E-state index contributed by atoms with van der Waals surface area (Å²) < 4.78 is 0. The van der Waals surface area contributed by atoms with Crippen molar-refractivity contribution in [1.82, 2.24) is 14.8 Å². The van der Waals surface area contributed by atoms with Gasteiger partial charge in [-0.1, -0.05) is 36.4 Å². The quantitative estimate of drug-likeness (QED) is 0.596. The molecule has 2 amide bonds. The molecule has 0 saturated carbocycles. The summed E-state index contributed by atoms with van der Waals surface area (Å²) in [6.07, 6.45) is 3.16. The maximum Gasteiger partial charge on any atom is 0.253 e. The molecular formula is C26H27N3O2. The summed E-state index contributed by atoms with van der Waals surface area (Å²) in [5.41, 5.74) is 2.36. The van der Waals surface area contributed by atoms with E-state index in [1.54, 1.807) is 6.20 Å². The zero-order valence-electron chi connectivity index (χ0n) is 18.0. The second-order valence-corrected chi connectivity index (χ2v) is 8.98. The lowest BCUT2D eigenvalue weighted by molar-refractivity contribution is -0.184. The molecule has 1 aromatic heterocycles. The Bertz CT molecular complexity index is 1130. The van der Waals surface area contributed by atoms with E-state index >= 15 is 0 Å². The third-order valence-electron chi connectivity index (χ3n) is 6.93. The van der Waals surface area contributed by atoms with Gasteiger partial charge in [0.15, 0.2) is 0 Å². The lowest BCUT2D eigenvalue weighted by atomic mass is 9.61. The first-order valence-corrected chi connectivity index (χ1v) is 11.0. The van der Waals surface area contributed by atoms with E-state index in [9.17, 15) is 9.59 Å². The molecule has 31 heavy (non-hydrogen) atoms. The number of nitrogens with zero attached hydrogens (tertiary/aromatic N) is 3. The highest BCUT2D eigenvalue weighted by Crippen LogP contribution is 2.56. The number of hydrogen-bond donors (Lipinski definition) is 0. The van der Waals surface area contributed by atoms with E-state index in [1.165, 1.54) is 5.56 Å². The van der Waals surface area contributed by atoms with Gasteiger partial charge in [-0.05, 0) is 56.5 Å². The Morgan fingerprint density at radius 3 is 2.48 bits per heavy atom. The summed E-state index contributed by atoms with van der Waals surface area (Å²) in [6.45, 7) is 5.36. The first-order valence-electron chi connectivity index (χ1n) is 11.0. The summed E-state index contributed by atoms with van der Waals surface area (Å²) in [5.74, 6) is 0.268. The Morgan fingerprint density at radius 2 is 1.77 bits per heavy atom. The molecular weight excluding hydrogens is 386 g/mol. The smallest absolute Gasteiger partial charge is 0.253 e. The standard InChI is InChI=1S/C26H27N3O2/c1-18(2)29-23(19-7-4-3-5-8-19)26(25(29)31)12-15-28(16-13-26)24(30)21-10-11-22-20(17-21)9-6-14-27-22/h3-11,14,17-18,23H,12-13,15-16H2,1-2H3. The van der Waals surface area contributed by atoms with E-state index < -0.39 is 5.41 Å². The minimum Gasteiger partial charge on any atom is -0.339 e. The number of carbonyl (C=O) groups is 2. The highest BCUT2D eigenvalue weighted by atomic mass is 16.2. The van der Waals surface area contributed by atoms with Gasteiger partial charge in [0.25, 0.3) is 5.91 Å². The summed E-state index contributed by atoms with van der Waals surface area (Å²) in [5, 5.41) is 0.965. The summed E-state index contributed by atoms with van der Waals surface area (Å²) in [6, 6.07) is 20.1. The molecule has 0 radical (unpaired) electrons. The van der Waals surface area contributed by atoms with Crippen LogP contribution in [0.2, 0.25) is 0 Å². The minimum atomic E-state index is -0.393. The fourth-order valence-corrected chi connectivity index (χ4v) is 5.33. The molecule has 1 spiro atoms. The number of benzene rings is 2. The van der Waals surface area contributed by atoms with Crippen LogP contribution in [0.5, 0.6) is 0 Å². The summed E-state index contributed by atoms with van der Waals surface area (Å²) in [4.78, 5) is 34.7. The van der Waals surface area contributed by atoms with Gasteiger partial charge in [0.05, 0.1) is 17.0 Å². The lowest BCUT2D eigenvalue weighted by Gasteiger charge is -2.60. The molecule has 2 aliphatic rings. The van der Waals surface area contributed by atoms with Crippen molar-refractivity contribution in [3.63, 3.8) is 0 Å². The Balaban J connectivity index is 1.37. The highest BCUT2D eigenvalue weighted by molar-refractivity contribution is 5.98. The van der Waals surface area contributed by atoms with Crippen molar-refractivity contribution in [3.8, 4) is 0 Å². The second-order valence-electron chi connectivity index (χ2n) is 8.98. The molecule has 2 saturated heterocycles. The SMILES string of the molecule is CC(C)N1C(=O)C2(CCN(C(=O)c3ccc4ncccc4c3)CC2)C1c1ccccc1. The molecule has 0 bridgehead atoms. The zero-order chi connectivity index (χ0) is 21.6. The summed E-state index contributed by atoms with van der Waals surface area (Å²) >= 11 is 0. The highest BCUT2D eigenvalue weighted by Gasteiger charge is 2.62. The van der Waals surface area contributed by atoms with Gasteiger partial charge < -0.3 is 9.80 Å². The fourth-order valence-electron chi connectivity index (χ4n) is 5.33. The van der Waals surface area contributed by atoms with Crippen LogP contribution in [-0.4, -0.2) is 45.7 Å². The number of pyridine rings is 1. The van der Waals surface area contributed by atoms with Gasteiger partial charge in [0.2, 0.25) is 5.91 Å². The van der Waals surface area contributed by atoms with E-state index in [0.717, 1.165) is 10.9 Å². The molecule has 5 nitrogen and oxygen atoms in total. The first-order chi connectivity index (χ1) is 15.0. The van der Waals surface area contributed by atoms with Gasteiger partial charge in [-0.2, -0.15) is 0 Å². The average molecular weight is 414 g/mol. The number of piperidine rings is 1. The van der Waals surface area contributed by atoms with Gasteiger partial charge >= 0.3 is 0 Å². The van der Waals surface area contributed by atoms with Crippen LogP contribution in [0.15, 0.2) is 66.9 Å². The number of carbonyl (C=O) groups excluding carboxylic acids is 2. The molecule has 3 heterocycles. The molecule has 2 aliphatic heterocycles. The molecule has 5 rings (SSSR count). The van der Waals surface area contributed by atoms with Crippen molar-refractivity contribution in [2.75, 3.05) is 13.1 Å². The van der Waals surface area contributed by atoms with Crippen LogP contribution in [0.3, 0.4) is 0 Å². The van der Waals surface area contributed by atoms with Gasteiger partial charge in [-0.25, -0.2) is 0 Å². The largest absolute Gasteiger partial charge is 0.339 e. The molecule has 5 heteroatoms. The Hall–Kier alpha value is -3.21. The fraction of sp³-hybridized carbons (Fsp3) is 0.346. The van der Waals surface area contributed by atoms with E-state index in [0.29, 0.717) is 31.5 Å².